The molecule has 5 heteroatoms. The van der Waals surface area contributed by atoms with Gasteiger partial charge in [0, 0.05) is 18.3 Å². The molecule has 2 amide bonds. The number of para-hydroxylation sites is 2. The van der Waals surface area contributed by atoms with Crippen LogP contribution in [-0.2, 0) is 14.4 Å². The standard InChI is InChI=1S/C32H31NO4/c1-2-3-4-5-6-19-26(34)37-25-18-12-11-17-24(25)33-31(35)29-27-20-13-7-8-14-21(20)28(30(29)32(33)36)23-16-10-9-15-22(23)27/h7-18,27-30H,2-6,19H2,1H3/t27?,28?,29-,30-/m1/s1. The van der Waals surface area contributed by atoms with Gasteiger partial charge in [-0.05, 0) is 40.8 Å². The SMILES string of the molecule is CCCCCCCC(=O)Oc1ccccc1N1C(=O)[C@@H]2C3c4ccccc4C(c4ccccc43)[C@H]2C1=O. The van der Waals surface area contributed by atoms with Crippen LogP contribution in [0, 0.1) is 11.8 Å². The summed E-state index contributed by atoms with van der Waals surface area (Å²) in [5.41, 5.74) is 4.91. The predicted molar refractivity (Wildman–Crippen MR) is 141 cm³/mol. The molecular formula is C32H31NO4. The number of nitrogens with zero attached hydrogens (tertiary/aromatic N) is 1. The van der Waals surface area contributed by atoms with Crippen molar-refractivity contribution >= 4 is 23.5 Å². The van der Waals surface area contributed by atoms with Gasteiger partial charge in [-0.15, -0.1) is 0 Å². The Hall–Kier alpha value is -3.73. The zero-order valence-corrected chi connectivity index (χ0v) is 21.1. The summed E-state index contributed by atoms with van der Waals surface area (Å²) >= 11 is 0. The van der Waals surface area contributed by atoms with Gasteiger partial charge in [0.2, 0.25) is 11.8 Å². The van der Waals surface area contributed by atoms with Gasteiger partial charge in [-0.2, -0.15) is 0 Å². The van der Waals surface area contributed by atoms with E-state index in [2.05, 4.69) is 31.2 Å². The van der Waals surface area contributed by atoms with E-state index in [-0.39, 0.29) is 35.4 Å². The second-order valence-corrected chi connectivity index (χ2v) is 10.4. The van der Waals surface area contributed by atoms with Crippen molar-refractivity contribution in [2.45, 2.75) is 57.3 Å². The monoisotopic (exact) mass is 493 g/mol. The Morgan fingerprint density at radius 3 is 1.73 bits per heavy atom. The maximum absolute atomic E-state index is 14.0. The molecule has 2 atom stereocenters. The lowest BCUT2D eigenvalue weighted by Crippen LogP contribution is -2.41. The van der Waals surface area contributed by atoms with Crippen molar-refractivity contribution in [3.8, 4) is 5.75 Å². The van der Waals surface area contributed by atoms with Crippen molar-refractivity contribution in [2.24, 2.45) is 11.8 Å². The second kappa shape index (κ2) is 9.62. The van der Waals surface area contributed by atoms with Gasteiger partial charge in [0.1, 0.15) is 0 Å². The molecule has 0 aromatic heterocycles. The van der Waals surface area contributed by atoms with Crippen LogP contribution in [0.4, 0.5) is 5.69 Å². The minimum absolute atomic E-state index is 0.165. The van der Waals surface area contributed by atoms with Crippen LogP contribution in [0.1, 0.15) is 79.5 Å². The fraction of sp³-hybridized carbons (Fsp3) is 0.344. The van der Waals surface area contributed by atoms with Gasteiger partial charge in [-0.3, -0.25) is 14.4 Å². The van der Waals surface area contributed by atoms with Gasteiger partial charge in [-0.1, -0.05) is 93.3 Å². The molecule has 37 heavy (non-hydrogen) atoms. The Bertz CT molecular complexity index is 1260. The summed E-state index contributed by atoms with van der Waals surface area (Å²) < 4.78 is 5.72. The third-order valence-electron chi connectivity index (χ3n) is 8.26. The third-order valence-corrected chi connectivity index (χ3v) is 8.26. The fourth-order valence-electron chi connectivity index (χ4n) is 6.69. The Kier molecular flexibility index (Phi) is 6.15. The summed E-state index contributed by atoms with van der Waals surface area (Å²) in [5.74, 6) is -1.75. The number of carbonyl (C=O) groups excluding carboxylic acids is 3. The zero-order valence-electron chi connectivity index (χ0n) is 21.1. The van der Waals surface area contributed by atoms with E-state index in [0.717, 1.165) is 54.4 Å². The molecule has 3 aromatic rings. The highest BCUT2D eigenvalue weighted by atomic mass is 16.5. The number of hydrogen-bond donors (Lipinski definition) is 0. The zero-order chi connectivity index (χ0) is 25.5. The maximum atomic E-state index is 14.0. The highest BCUT2D eigenvalue weighted by Crippen LogP contribution is 2.61. The van der Waals surface area contributed by atoms with Gasteiger partial charge in [-0.25, -0.2) is 4.90 Å². The van der Waals surface area contributed by atoms with E-state index in [1.807, 2.05) is 24.3 Å². The van der Waals surface area contributed by atoms with Crippen LogP contribution in [0.3, 0.4) is 0 Å². The van der Waals surface area contributed by atoms with E-state index in [9.17, 15) is 14.4 Å². The van der Waals surface area contributed by atoms with E-state index in [0.29, 0.717) is 12.1 Å². The number of ether oxygens (including phenoxy) is 1. The molecule has 0 spiro atoms. The summed E-state index contributed by atoms with van der Waals surface area (Å²) in [6.07, 6.45) is 5.49. The molecule has 0 unspecified atom stereocenters. The number of esters is 1. The maximum Gasteiger partial charge on any atom is 0.311 e. The van der Waals surface area contributed by atoms with E-state index < -0.39 is 11.8 Å². The van der Waals surface area contributed by atoms with Gasteiger partial charge in [0.05, 0.1) is 17.5 Å². The molecule has 0 radical (unpaired) electrons. The van der Waals surface area contributed by atoms with Gasteiger partial charge in [0.25, 0.3) is 0 Å². The van der Waals surface area contributed by atoms with Crippen LogP contribution in [0.2, 0.25) is 0 Å². The lowest BCUT2D eigenvalue weighted by molar-refractivity contribution is -0.134. The number of benzene rings is 3. The number of anilines is 1. The second-order valence-electron chi connectivity index (χ2n) is 10.4. The molecule has 1 saturated heterocycles. The number of rotatable bonds is 8. The van der Waals surface area contributed by atoms with Crippen LogP contribution < -0.4 is 9.64 Å². The molecule has 3 aromatic carbocycles. The highest BCUT2D eigenvalue weighted by Gasteiger charge is 2.62. The minimum Gasteiger partial charge on any atom is -0.424 e. The van der Waals surface area contributed by atoms with Crippen LogP contribution in [0.5, 0.6) is 5.75 Å². The van der Waals surface area contributed by atoms with Crippen molar-refractivity contribution in [1.29, 1.82) is 0 Å². The van der Waals surface area contributed by atoms with Crippen molar-refractivity contribution in [1.82, 2.24) is 0 Å². The Morgan fingerprint density at radius 2 is 1.19 bits per heavy atom. The first kappa shape index (κ1) is 23.7. The van der Waals surface area contributed by atoms with E-state index in [1.54, 1.807) is 24.3 Å². The first-order chi connectivity index (χ1) is 18.1. The van der Waals surface area contributed by atoms with Crippen LogP contribution >= 0.6 is 0 Å². The summed E-state index contributed by atoms with van der Waals surface area (Å²) in [7, 11) is 0. The van der Waals surface area contributed by atoms with Gasteiger partial charge < -0.3 is 4.74 Å². The Morgan fingerprint density at radius 1 is 0.703 bits per heavy atom. The van der Waals surface area contributed by atoms with E-state index >= 15 is 0 Å². The van der Waals surface area contributed by atoms with Crippen molar-refractivity contribution < 1.29 is 19.1 Å². The summed E-state index contributed by atoms with van der Waals surface area (Å²) in [5, 5.41) is 0. The first-order valence-corrected chi connectivity index (χ1v) is 13.5. The molecule has 7 rings (SSSR count). The van der Waals surface area contributed by atoms with Crippen LogP contribution in [-0.4, -0.2) is 17.8 Å². The average molecular weight is 494 g/mol. The quantitative estimate of drug-likeness (QED) is 0.159. The Balaban J connectivity index is 1.32. The lowest BCUT2D eigenvalue weighted by Gasteiger charge is -2.45. The van der Waals surface area contributed by atoms with E-state index in [1.165, 1.54) is 4.90 Å². The number of unbranched alkanes of at least 4 members (excludes halogenated alkanes) is 4. The number of carbonyl (C=O) groups is 3. The molecule has 0 saturated carbocycles. The number of imide groups is 1. The molecule has 4 aliphatic rings. The smallest absolute Gasteiger partial charge is 0.311 e. The lowest BCUT2D eigenvalue weighted by atomic mass is 9.55. The molecule has 5 nitrogen and oxygen atoms in total. The van der Waals surface area contributed by atoms with Gasteiger partial charge in [0.15, 0.2) is 5.75 Å². The van der Waals surface area contributed by atoms with Crippen molar-refractivity contribution in [2.75, 3.05) is 4.90 Å². The molecule has 1 fully saturated rings. The number of hydrogen-bond acceptors (Lipinski definition) is 4. The normalized spacial score (nSPS) is 23.0. The van der Waals surface area contributed by atoms with Crippen LogP contribution in [0.15, 0.2) is 72.8 Å². The molecule has 1 heterocycles. The summed E-state index contributed by atoms with van der Waals surface area (Å²) in [6.45, 7) is 2.16. The molecule has 2 bridgehead atoms. The average Bonchev–Trinajstić information content (AvgIpc) is 3.19. The molecular weight excluding hydrogens is 462 g/mol. The molecule has 188 valence electrons. The van der Waals surface area contributed by atoms with Crippen molar-refractivity contribution in [3.63, 3.8) is 0 Å². The first-order valence-electron chi connectivity index (χ1n) is 13.5. The highest BCUT2D eigenvalue weighted by molar-refractivity contribution is 6.24. The van der Waals surface area contributed by atoms with E-state index in [4.69, 9.17) is 4.74 Å². The van der Waals surface area contributed by atoms with Crippen molar-refractivity contribution in [3.05, 3.63) is 95.1 Å². The third kappa shape index (κ3) is 3.79. The predicted octanol–water partition coefficient (Wildman–Crippen LogP) is 6.35. The summed E-state index contributed by atoms with van der Waals surface area (Å²) in [4.78, 5) is 42.0. The molecule has 0 N–H and O–H groups in total. The van der Waals surface area contributed by atoms with Gasteiger partial charge >= 0.3 is 5.97 Å². The topological polar surface area (TPSA) is 63.7 Å². The molecule has 3 aliphatic carbocycles. The molecule has 1 aliphatic heterocycles. The minimum atomic E-state index is -0.468. The summed E-state index contributed by atoms with van der Waals surface area (Å²) in [6, 6.07) is 23.3. The number of amides is 2. The Labute approximate surface area is 217 Å². The fourth-order valence-corrected chi connectivity index (χ4v) is 6.69. The largest absolute Gasteiger partial charge is 0.424 e. The van der Waals surface area contributed by atoms with Crippen LogP contribution in [0.25, 0.3) is 0 Å².